The molecule has 0 fully saturated rings. The fourth-order valence-electron chi connectivity index (χ4n) is 1.14. The van der Waals surface area contributed by atoms with Crippen LogP contribution in [0.2, 0.25) is 0 Å². The van der Waals surface area contributed by atoms with Gasteiger partial charge in [0.05, 0.1) is 0 Å². The van der Waals surface area contributed by atoms with Crippen molar-refractivity contribution in [3.8, 4) is 5.75 Å². The SMILES string of the molecule is Cc1ccc(O[PH](=O)O)c(C)c1C. The molecule has 0 aliphatic carbocycles. The Morgan fingerprint density at radius 1 is 1.23 bits per heavy atom. The first-order chi connectivity index (χ1) is 6.02. The number of hydrogen-bond donors (Lipinski definition) is 1. The van der Waals surface area contributed by atoms with Crippen molar-refractivity contribution in [2.45, 2.75) is 20.8 Å². The third kappa shape index (κ3) is 2.33. The van der Waals surface area contributed by atoms with E-state index in [1.807, 2.05) is 26.8 Å². The van der Waals surface area contributed by atoms with E-state index >= 15 is 0 Å². The molecule has 0 saturated carbocycles. The maximum absolute atomic E-state index is 10.5. The molecule has 1 unspecified atom stereocenters. The summed E-state index contributed by atoms with van der Waals surface area (Å²) in [5, 5.41) is 0. The van der Waals surface area contributed by atoms with Gasteiger partial charge >= 0.3 is 8.25 Å². The smallest absolute Gasteiger partial charge is 0.365 e. The highest BCUT2D eigenvalue weighted by Gasteiger charge is 2.05. The molecule has 0 amide bonds. The van der Waals surface area contributed by atoms with Gasteiger partial charge in [-0.05, 0) is 43.5 Å². The summed E-state index contributed by atoms with van der Waals surface area (Å²) in [6.45, 7) is 5.84. The summed E-state index contributed by atoms with van der Waals surface area (Å²) in [6, 6.07) is 3.60. The summed E-state index contributed by atoms with van der Waals surface area (Å²) in [4.78, 5) is 8.61. The van der Waals surface area contributed by atoms with Crippen molar-refractivity contribution < 1.29 is 14.0 Å². The molecule has 4 heteroatoms. The highest BCUT2D eigenvalue weighted by atomic mass is 31.1. The van der Waals surface area contributed by atoms with Crippen molar-refractivity contribution in [1.29, 1.82) is 0 Å². The van der Waals surface area contributed by atoms with Gasteiger partial charge in [0.1, 0.15) is 5.75 Å². The normalized spacial score (nSPS) is 12.6. The number of hydrogen-bond acceptors (Lipinski definition) is 2. The van der Waals surface area contributed by atoms with Gasteiger partial charge in [-0.3, -0.25) is 0 Å². The van der Waals surface area contributed by atoms with E-state index in [4.69, 9.17) is 9.42 Å². The Morgan fingerprint density at radius 3 is 2.38 bits per heavy atom. The predicted molar refractivity (Wildman–Crippen MR) is 52.5 cm³/mol. The molecule has 1 aromatic rings. The maximum atomic E-state index is 10.5. The van der Waals surface area contributed by atoms with E-state index in [1.165, 1.54) is 0 Å². The first-order valence-electron chi connectivity index (χ1n) is 4.00. The molecule has 1 aromatic carbocycles. The molecule has 0 saturated heterocycles. The standard InChI is InChI=1S/C9H13O3P/c1-6-4-5-9(12-13(10)11)8(3)7(6)2/h4-5,13H,1-3H3,(H,10,11). The molecule has 0 aliphatic heterocycles. The summed E-state index contributed by atoms with van der Waals surface area (Å²) in [5.41, 5.74) is 3.18. The molecule has 0 aromatic heterocycles. The fourth-order valence-corrected chi connectivity index (χ4v) is 1.55. The molecule has 1 atom stereocenters. The molecular weight excluding hydrogens is 187 g/mol. The van der Waals surface area contributed by atoms with Gasteiger partial charge in [0.2, 0.25) is 0 Å². The van der Waals surface area contributed by atoms with Crippen molar-refractivity contribution in [3.05, 3.63) is 28.8 Å². The molecule has 13 heavy (non-hydrogen) atoms. The Hall–Kier alpha value is -0.790. The first kappa shape index (κ1) is 10.3. The summed E-state index contributed by atoms with van der Waals surface area (Å²) in [6.07, 6.45) is 0. The lowest BCUT2D eigenvalue weighted by Gasteiger charge is -2.09. The minimum Gasteiger partial charge on any atom is -0.426 e. The summed E-state index contributed by atoms with van der Waals surface area (Å²) < 4.78 is 15.3. The molecule has 0 radical (unpaired) electrons. The lowest BCUT2D eigenvalue weighted by Crippen LogP contribution is -1.90. The Morgan fingerprint density at radius 2 is 1.85 bits per heavy atom. The second kappa shape index (κ2) is 3.95. The maximum Gasteiger partial charge on any atom is 0.365 e. The Bertz CT molecular complexity index is 347. The highest BCUT2D eigenvalue weighted by Crippen LogP contribution is 2.29. The van der Waals surface area contributed by atoms with Crippen LogP contribution in [0.15, 0.2) is 12.1 Å². The van der Waals surface area contributed by atoms with E-state index in [-0.39, 0.29) is 0 Å². The van der Waals surface area contributed by atoms with Gasteiger partial charge < -0.3 is 9.42 Å². The Labute approximate surface area is 78.3 Å². The van der Waals surface area contributed by atoms with Gasteiger partial charge in [0.15, 0.2) is 0 Å². The number of benzene rings is 1. The zero-order valence-corrected chi connectivity index (χ0v) is 8.92. The van der Waals surface area contributed by atoms with Crippen LogP contribution in [0.25, 0.3) is 0 Å². The van der Waals surface area contributed by atoms with Crippen LogP contribution in [0.4, 0.5) is 0 Å². The second-order valence-corrected chi connectivity index (χ2v) is 3.73. The molecule has 1 N–H and O–H groups in total. The second-order valence-electron chi connectivity index (χ2n) is 3.00. The van der Waals surface area contributed by atoms with Crippen molar-refractivity contribution in [2.75, 3.05) is 0 Å². The van der Waals surface area contributed by atoms with Gasteiger partial charge in [-0.15, -0.1) is 0 Å². The monoisotopic (exact) mass is 200 g/mol. The predicted octanol–water partition coefficient (Wildman–Crippen LogP) is 2.37. The lowest BCUT2D eigenvalue weighted by atomic mass is 10.0. The van der Waals surface area contributed by atoms with Gasteiger partial charge in [-0.1, -0.05) is 6.07 Å². The molecule has 0 bridgehead atoms. The number of rotatable bonds is 2. The first-order valence-corrected chi connectivity index (χ1v) is 5.26. The largest absolute Gasteiger partial charge is 0.426 e. The Kier molecular flexibility index (Phi) is 3.12. The van der Waals surface area contributed by atoms with Crippen molar-refractivity contribution >= 4 is 8.25 Å². The summed E-state index contributed by atoms with van der Waals surface area (Å²) in [5.74, 6) is 0.495. The van der Waals surface area contributed by atoms with Crippen LogP contribution in [0, 0.1) is 20.8 Å². The molecule has 0 spiro atoms. The molecule has 0 heterocycles. The van der Waals surface area contributed by atoms with Crippen molar-refractivity contribution in [3.63, 3.8) is 0 Å². The van der Waals surface area contributed by atoms with Crippen molar-refractivity contribution in [1.82, 2.24) is 0 Å². The average Bonchev–Trinajstić information content (AvgIpc) is 2.06. The summed E-state index contributed by atoms with van der Waals surface area (Å²) in [7, 11) is -2.89. The minimum atomic E-state index is -2.89. The van der Waals surface area contributed by atoms with Gasteiger partial charge in [-0.2, -0.15) is 0 Å². The third-order valence-corrected chi connectivity index (χ3v) is 2.60. The minimum absolute atomic E-state index is 0.495. The van der Waals surface area contributed by atoms with Crippen LogP contribution in [-0.4, -0.2) is 4.89 Å². The highest BCUT2D eigenvalue weighted by molar-refractivity contribution is 7.32. The van der Waals surface area contributed by atoms with E-state index in [2.05, 4.69) is 0 Å². The molecule has 3 nitrogen and oxygen atoms in total. The van der Waals surface area contributed by atoms with Crippen LogP contribution in [-0.2, 0) is 4.57 Å². The quantitative estimate of drug-likeness (QED) is 0.745. The average molecular weight is 200 g/mol. The Balaban J connectivity index is 3.10. The van der Waals surface area contributed by atoms with Crippen molar-refractivity contribution in [2.24, 2.45) is 0 Å². The fraction of sp³-hybridized carbons (Fsp3) is 0.333. The summed E-state index contributed by atoms with van der Waals surface area (Å²) >= 11 is 0. The van der Waals surface area contributed by atoms with Crippen LogP contribution >= 0.6 is 8.25 Å². The van der Waals surface area contributed by atoms with E-state index in [1.54, 1.807) is 6.07 Å². The molecule has 72 valence electrons. The van der Waals surface area contributed by atoms with Crippen LogP contribution in [0.1, 0.15) is 16.7 Å². The van der Waals surface area contributed by atoms with E-state index < -0.39 is 8.25 Å². The zero-order chi connectivity index (χ0) is 10.0. The topological polar surface area (TPSA) is 46.5 Å². The zero-order valence-electron chi connectivity index (χ0n) is 7.92. The van der Waals surface area contributed by atoms with Gasteiger partial charge in [-0.25, -0.2) is 4.57 Å². The van der Waals surface area contributed by atoms with E-state index in [0.717, 1.165) is 16.7 Å². The van der Waals surface area contributed by atoms with Crippen LogP contribution in [0.3, 0.4) is 0 Å². The molecule has 1 rings (SSSR count). The van der Waals surface area contributed by atoms with E-state index in [9.17, 15) is 4.57 Å². The van der Waals surface area contributed by atoms with Crippen LogP contribution in [0.5, 0.6) is 5.75 Å². The van der Waals surface area contributed by atoms with Gasteiger partial charge in [0, 0.05) is 0 Å². The molecule has 0 aliphatic rings. The lowest BCUT2D eigenvalue weighted by molar-refractivity contribution is 0.409. The van der Waals surface area contributed by atoms with Crippen LogP contribution < -0.4 is 4.52 Å². The number of aryl methyl sites for hydroxylation is 1. The van der Waals surface area contributed by atoms with Gasteiger partial charge in [0.25, 0.3) is 0 Å². The third-order valence-electron chi connectivity index (χ3n) is 2.21. The van der Waals surface area contributed by atoms with E-state index in [0.29, 0.717) is 5.75 Å². The molecular formula is C9H13O3P.